The largest absolute Gasteiger partial charge is 0.419 e. The van der Waals surface area contributed by atoms with Crippen molar-refractivity contribution in [2.75, 3.05) is 20.3 Å². The number of alkyl halides is 3. The van der Waals surface area contributed by atoms with E-state index in [9.17, 15) is 32.9 Å². The first-order valence-electron chi connectivity index (χ1n) is 10.4. The Bertz CT molecular complexity index is 857. The van der Waals surface area contributed by atoms with Crippen molar-refractivity contribution in [3.8, 4) is 0 Å². The molecule has 1 aromatic rings. The van der Waals surface area contributed by atoms with Crippen LogP contribution in [0.25, 0.3) is 0 Å². The summed E-state index contributed by atoms with van der Waals surface area (Å²) in [4.78, 5) is 3.77. The van der Waals surface area contributed by atoms with Crippen molar-refractivity contribution in [2.24, 2.45) is 11.7 Å². The minimum Gasteiger partial charge on any atom is -0.386 e. The second-order valence-corrected chi connectivity index (χ2v) is 9.04. The second kappa shape index (κ2) is 8.13. The number of rotatable bonds is 3. The number of fused-ring (bicyclic) bond motifs is 1. The van der Waals surface area contributed by atoms with Gasteiger partial charge in [0.2, 0.25) is 0 Å². The number of ether oxygens (including phenoxy) is 1. The number of likely N-dealkylation sites (tertiary alicyclic amines) is 1. The molecule has 0 saturated carbocycles. The van der Waals surface area contributed by atoms with E-state index in [0.717, 1.165) is 6.07 Å². The maximum atomic E-state index is 13.7. The summed E-state index contributed by atoms with van der Waals surface area (Å²) in [5.74, 6) is -1.44. The molecule has 6 N–H and O–H groups in total. The van der Waals surface area contributed by atoms with Gasteiger partial charge >= 0.3 is 6.18 Å². The molecule has 0 bridgehead atoms. The molecule has 12 heteroatoms. The number of halogens is 4. The van der Waals surface area contributed by atoms with Crippen molar-refractivity contribution >= 4 is 0 Å². The minimum atomic E-state index is -4.95. The Morgan fingerprint density at radius 3 is 2.69 bits per heavy atom. The predicted octanol–water partition coefficient (Wildman–Crippen LogP) is 0.140. The first-order chi connectivity index (χ1) is 14.8. The molecule has 32 heavy (non-hydrogen) atoms. The van der Waals surface area contributed by atoms with Gasteiger partial charge in [-0.2, -0.15) is 13.2 Å². The monoisotopic (exact) mass is 464 g/mol. The quantitative estimate of drug-likeness (QED) is 0.402. The summed E-state index contributed by atoms with van der Waals surface area (Å²) in [5.41, 5.74) is 2.47. The molecule has 0 aromatic heterocycles. The third-order valence-electron chi connectivity index (χ3n) is 6.96. The van der Waals surface area contributed by atoms with E-state index in [0.29, 0.717) is 31.8 Å². The van der Waals surface area contributed by atoms with Crippen molar-refractivity contribution in [1.29, 1.82) is 0 Å². The van der Waals surface area contributed by atoms with Gasteiger partial charge in [-0.05, 0) is 38.1 Å². The van der Waals surface area contributed by atoms with Crippen LogP contribution in [-0.2, 0) is 10.9 Å². The summed E-state index contributed by atoms with van der Waals surface area (Å²) >= 11 is 0. The summed E-state index contributed by atoms with van der Waals surface area (Å²) in [6.45, 7) is 2.25. The first-order valence-corrected chi connectivity index (χ1v) is 10.4. The molecule has 8 nitrogen and oxygen atoms in total. The highest BCUT2D eigenvalue weighted by molar-refractivity contribution is 5.30. The van der Waals surface area contributed by atoms with Crippen LogP contribution >= 0.6 is 0 Å². The molecule has 0 amide bonds. The number of benzene rings is 1. The van der Waals surface area contributed by atoms with E-state index in [1.165, 1.54) is 6.92 Å². The Hall–Kier alpha value is -1.38. The highest BCUT2D eigenvalue weighted by Crippen LogP contribution is 2.43. The van der Waals surface area contributed by atoms with Crippen LogP contribution in [0.5, 0.6) is 0 Å². The lowest BCUT2D eigenvalue weighted by Crippen LogP contribution is -2.64. The van der Waals surface area contributed by atoms with Crippen LogP contribution in [0.1, 0.15) is 30.6 Å². The molecule has 1 aromatic carbocycles. The van der Waals surface area contributed by atoms with Crippen molar-refractivity contribution in [1.82, 2.24) is 15.1 Å². The molecule has 3 heterocycles. The fourth-order valence-electron chi connectivity index (χ4n) is 5.01. The molecule has 3 saturated heterocycles. The smallest absolute Gasteiger partial charge is 0.386 e. The van der Waals surface area contributed by atoms with Crippen LogP contribution in [0.2, 0.25) is 0 Å². The normalized spacial score (nSPS) is 39.9. The summed E-state index contributed by atoms with van der Waals surface area (Å²) < 4.78 is 58.8. The number of aliphatic hydroxyl groups is 3. The molecule has 180 valence electrons. The molecule has 3 aliphatic heterocycles. The first kappa shape index (κ1) is 23.8. The fraction of sp³-hybridized carbons (Fsp3) is 0.700. The molecule has 0 aliphatic carbocycles. The van der Waals surface area contributed by atoms with Gasteiger partial charge in [0.05, 0.1) is 24.6 Å². The van der Waals surface area contributed by atoms with E-state index in [2.05, 4.69) is 5.32 Å². The fourth-order valence-corrected chi connectivity index (χ4v) is 5.01. The van der Waals surface area contributed by atoms with Crippen molar-refractivity contribution < 1.29 is 37.6 Å². The number of nitrogens with one attached hydrogen (secondary N) is 1. The van der Waals surface area contributed by atoms with Gasteiger partial charge in [0.25, 0.3) is 0 Å². The number of nitrogens with zero attached hydrogens (tertiary/aromatic N) is 2. The number of hydrogen-bond donors (Lipinski definition) is 5. The summed E-state index contributed by atoms with van der Waals surface area (Å²) in [6, 6.07) is 2.09. The van der Waals surface area contributed by atoms with Crippen LogP contribution in [0.4, 0.5) is 17.6 Å². The molecule has 3 fully saturated rings. The predicted molar refractivity (Wildman–Crippen MR) is 104 cm³/mol. The van der Waals surface area contributed by atoms with E-state index in [-0.39, 0.29) is 23.8 Å². The lowest BCUT2D eigenvalue weighted by molar-refractivity contribution is -0.141. The Labute approximate surface area is 182 Å². The van der Waals surface area contributed by atoms with Crippen molar-refractivity contribution in [3.05, 3.63) is 35.1 Å². The number of hydrogen-bond acceptors (Lipinski definition) is 8. The lowest BCUT2D eigenvalue weighted by Gasteiger charge is -2.43. The van der Waals surface area contributed by atoms with Crippen LogP contribution < -0.4 is 11.1 Å². The van der Waals surface area contributed by atoms with Gasteiger partial charge in [0, 0.05) is 12.5 Å². The lowest BCUT2D eigenvalue weighted by atomic mass is 9.87. The standard InChI is InChI=1S/C20H28F4N4O4/c1-19(31)14(30)18(28-6-5-10-16(25)27(2)8-26-17(10)28)32-15(19)13(29)9-3-4-12(21)11(7-9)20(22,23)24/h3-4,7,10,13-18,26,29-31H,5-6,8,25H2,1-2H3/t10?,13-,14+,15-,16?,17?,18-,19+/m1/s1. The average Bonchev–Trinajstić information content (AvgIpc) is 3.23. The Kier molecular flexibility index (Phi) is 6.04. The van der Waals surface area contributed by atoms with E-state index >= 15 is 0 Å². The molecule has 4 rings (SSSR count). The number of nitrogens with two attached hydrogens (primary N) is 1. The van der Waals surface area contributed by atoms with Crippen LogP contribution in [0, 0.1) is 11.7 Å². The molecule has 8 atom stereocenters. The minimum absolute atomic E-state index is 0.0323. The third kappa shape index (κ3) is 3.82. The van der Waals surface area contributed by atoms with Crippen LogP contribution in [-0.4, -0.2) is 81.7 Å². The van der Waals surface area contributed by atoms with Gasteiger partial charge in [0.15, 0.2) is 0 Å². The Morgan fingerprint density at radius 1 is 1.34 bits per heavy atom. The molecular formula is C20H28F4N4O4. The van der Waals surface area contributed by atoms with Gasteiger partial charge in [-0.1, -0.05) is 6.07 Å². The molecule has 0 radical (unpaired) electrons. The zero-order valence-electron chi connectivity index (χ0n) is 17.6. The summed E-state index contributed by atoms with van der Waals surface area (Å²) in [5, 5.41) is 35.9. The van der Waals surface area contributed by atoms with Crippen LogP contribution in [0.3, 0.4) is 0 Å². The molecular weight excluding hydrogens is 436 g/mol. The van der Waals surface area contributed by atoms with Crippen LogP contribution in [0.15, 0.2) is 18.2 Å². The Balaban J connectivity index is 1.58. The van der Waals surface area contributed by atoms with E-state index < -0.39 is 47.7 Å². The summed E-state index contributed by atoms with van der Waals surface area (Å²) in [7, 11) is 1.88. The van der Waals surface area contributed by atoms with E-state index in [1.54, 1.807) is 0 Å². The SMILES string of the molecule is CN1CNC2C(CCN2[C@@H]2O[C@H]([C@H](O)c3ccc(F)c(C(F)(F)F)c3)[C@@](C)(O)[C@H]2O)C1N. The Morgan fingerprint density at radius 2 is 2.03 bits per heavy atom. The molecule has 0 spiro atoms. The highest BCUT2D eigenvalue weighted by atomic mass is 19.4. The zero-order valence-corrected chi connectivity index (χ0v) is 17.6. The van der Waals surface area contributed by atoms with Crippen molar-refractivity contribution in [2.45, 2.75) is 62.0 Å². The number of aliphatic hydroxyl groups excluding tert-OH is 2. The maximum Gasteiger partial charge on any atom is 0.419 e. The average molecular weight is 464 g/mol. The van der Waals surface area contributed by atoms with Gasteiger partial charge in [0.1, 0.15) is 36.0 Å². The van der Waals surface area contributed by atoms with Gasteiger partial charge < -0.3 is 25.8 Å². The van der Waals surface area contributed by atoms with E-state index in [1.807, 2.05) is 16.8 Å². The highest BCUT2D eigenvalue weighted by Gasteiger charge is 2.59. The molecule has 3 unspecified atom stereocenters. The summed E-state index contributed by atoms with van der Waals surface area (Å²) in [6.07, 6.45) is -10.4. The maximum absolute atomic E-state index is 13.7. The topological polar surface area (TPSA) is 114 Å². The third-order valence-corrected chi connectivity index (χ3v) is 6.96. The van der Waals surface area contributed by atoms with Gasteiger partial charge in [-0.15, -0.1) is 0 Å². The second-order valence-electron chi connectivity index (χ2n) is 9.04. The van der Waals surface area contributed by atoms with E-state index in [4.69, 9.17) is 10.5 Å². The zero-order chi connectivity index (χ0) is 23.6. The van der Waals surface area contributed by atoms with Gasteiger partial charge in [-0.25, -0.2) is 4.39 Å². The van der Waals surface area contributed by atoms with Gasteiger partial charge in [-0.3, -0.25) is 15.1 Å². The van der Waals surface area contributed by atoms with Crippen molar-refractivity contribution in [3.63, 3.8) is 0 Å². The molecule has 3 aliphatic rings.